The van der Waals surface area contributed by atoms with Gasteiger partial charge in [-0.15, -0.1) is 0 Å². The Morgan fingerprint density at radius 3 is 2.68 bits per heavy atom. The van der Waals surface area contributed by atoms with Crippen molar-refractivity contribution >= 4 is 17.5 Å². The van der Waals surface area contributed by atoms with Crippen LogP contribution in [-0.2, 0) is 11.3 Å². The zero-order valence-electron chi connectivity index (χ0n) is 17.2. The minimum absolute atomic E-state index is 0.0137. The van der Waals surface area contributed by atoms with E-state index < -0.39 is 0 Å². The summed E-state index contributed by atoms with van der Waals surface area (Å²) in [6.45, 7) is 7.03. The van der Waals surface area contributed by atoms with Crippen molar-refractivity contribution in [3.63, 3.8) is 0 Å². The second-order valence-corrected chi connectivity index (χ2v) is 7.74. The van der Waals surface area contributed by atoms with E-state index >= 15 is 0 Å². The molecular formula is C21H28ClN3O3. The number of methoxy groups -OCH3 is 2. The standard InChI is InChI=1S/C21H28ClN3O3/c1-13(12-25-15(3)20(22)14(2)23-25)21(26)24-10-6-7-18(24)17-9-8-16(27-4)11-19(17)28-5/h8-9,11,13,18H,6-7,10,12H2,1-5H3/t13-,18-/m0/s1. The number of carbonyl (C=O) groups excluding carboxylic acids is 1. The first-order valence-electron chi connectivity index (χ1n) is 9.59. The molecule has 7 heteroatoms. The number of aryl methyl sites for hydroxylation is 1. The number of carbonyl (C=O) groups is 1. The Labute approximate surface area is 171 Å². The van der Waals surface area contributed by atoms with Gasteiger partial charge in [0, 0.05) is 18.2 Å². The lowest BCUT2D eigenvalue weighted by Gasteiger charge is -2.29. The highest BCUT2D eigenvalue weighted by atomic mass is 35.5. The fraction of sp³-hybridized carbons (Fsp3) is 0.524. The summed E-state index contributed by atoms with van der Waals surface area (Å²) in [4.78, 5) is 15.2. The number of hydrogen-bond donors (Lipinski definition) is 0. The van der Waals surface area contributed by atoms with E-state index in [1.54, 1.807) is 14.2 Å². The topological polar surface area (TPSA) is 56.6 Å². The van der Waals surface area contributed by atoms with E-state index in [1.807, 2.05) is 48.6 Å². The second kappa shape index (κ2) is 8.43. The van der Waals surface area contributed by atoms with Crippen molar-refractivity contribution in [3.8, 4) is 11.5 Å². The van der Waals surface area contributed by atoms with E-state index in [0.717, 1.165) is 47.8 Å². The Kier molecular flexibility index (Phi) is 6.18. The van der Waals surface area contributed by atoms with Crippen molar-refractivity contribution < 1.29 is 14.3 Å². The highest BCUT2D eigenvalue weighted by molar-refractivity contribution is 6.31. The molecular weight excluding hydrogens is 378 g/mol. The van der Waals surface area contributed by atoms with Gasteiger partial charge in [0.05, 0.1) is 49.1 Å². The lowest BCUT2D eigenvalue weighted by atomic mass is 10.0. The SMILES string of the molecule is COc1ccc([C@@H]2CCCN2C(=O)[C@@H](C)Cn2nc(C)c(Cl)c2C)c(OC)c1. The van der Waals surface area contributed by atoms with Crippen LogP contribution in [0.4, 0.5) is 0 Å². The van der Waals surface area contributed by atoms with Crippen molar-refractivity contribution in [3.05, 3.63) is 40.2 Å². The van der Waals surface area contributed by atoms with Gasteiger partial charge in [0.15, 0.2) is 0 Å². The maximum Gasteiger partial charge on any atom is 0.227 e. The maximum atomic E-state index is 13.2. The maximum absolute atomic E-state index is 13.2. The molecule has 1 aliphatic heterocycles. The fourth-order valence-corrected chi connectivity index (χ4v) is 4.06. The summed E-state index contributed by atoms with van der Waals surface area (Å²) in [6, 6.07) is 5.80. The van der Waals surface area contributed by atoms with Crippen LogP contribution in [0.2, 0.25) is 5.02 Å². The van der Waals surface area contributed by atoms with Gasteiger partial charge in [-0.05, 0) is 38.8 Å². The number of likely N-dealkylation sites (tertiary alicyclic amines) is 1. The molecule has 3 rings (SSSR count). The van der Waals surface area contributed by atoms with Gasteiger partial charge in [0.25, 0.3) is 0 Å². The van der Waals surface area contributed by atoms with Gasteiger partial charge in [0.1, 0.15) is 11.5 Å². The normalized spacial score (nSPS) is 17.6. The first-order chi connectivity index (χ1) is 13.4. The predicted octanol–water partition coefficient (Wildman–Crippen LogP) is 4.17. The Morgan fingerprint density at radius 1 is 1.32 bits per heavy atom. The molecule has 2 atom stereocenters. The number of ether oxygens (including phenoxy) is 2. The van der Waals surface area contributed by atoms with E-state index in [4.69, 9.17) is 21.1 Å². The molecule has 0 spiro atoms. The lowest BCUT2D eigenvalue weighted by molar-refractivity contribution is -0.136. The predicted molar refractivity (Wildman–Crippen MR) is 109 cm³/mol. The summed E-state index contributed by atoms with van der Waals surface area (Å²) < 4.78 is 12.7. The molecule has 1 aliphatic rings. The molecule has 1 aromatic heterocycles. The van der Waals surface area contributed by atoms with Crippen LogP contribution in [0.25, 0.3) is 0 Å². The number of benzene rings is 1. The summed E-state index contributed by atoms with van der Waals surface area (Å²) in [6.07, 6.45) is 1.90. The lowest BCUT2D eigenvalue weighted by Crippen LogP contribution is -2.36. The molecule has 6 nitrogen and oxygen atoms in total. The number of halogens is 1. The summed E-state index contributed by atoms with van der Waals surface area (Å²) in [5, 5.41) is 5.13. The van der Waals surface area contributed by atoms with Gasteiger partial charge in [-0.25, -0.2) is 0 Å². The van der Waals surface area contributed by atoms with Gasteiger partial charge >= 0.3 is 0 Å². The van der Waals surface area contributed by atoms with Crippen LogP contribution < -0.4 is 9.47 Å². The third-order valence-corrected chi connectivity index (χ3v) is 6.04. The summed E-state index contributed by atoms with van der Waals surface area (Å²) in [7, 11) is 3.28. The number of amides is 1. The first kappa shape index (κ1) is 20.5. The monoisotopic (exact) mass is 405 g/mol. The molecule has 2 aromatic rings. The Balaban J connectivity index is 1.80. The largest absolute Gasteiger partial charge is 0.497 e. The van der Waals surface area contributed by atoms with Crippen LogP contribution in [-0.4, -0.2) is 41.4 Å². The molecule has 2 heterocycles. The summed E-state index contributed by atoms with van der Waals surface area (Å²) in [5.41, 5.74) is 2.71. The third kappa shape index (κ3) is 3.83. The van der Waals surface area contributed by atoms with Crippen LogP contribution in [0.1, 0.15) is 42.8 Å². The second-order valence-electron chi connectivity index (χ2n) is 7.37. The van der Waals surface area contributed by atoms with Crippen LogP contribution in [0, 0.1) is 19.8 Å². The van der Waals surface area contributed by atoms with Crippen molar-refractivity contribution in [2.75, 3.05) is 20.8 Å². The molecule has 28 heavy (non-hydrogen) atoms. The molecule has 0 unspecified atom stereocenters. The zero-order chi connectivity index (χ0) is 20.4. The average molecular weight is 406 g/mol. The Bertz CT molecular complexity index is 865. The number of nitrogens with zero attached hydrogens (tertiary/aromatic N) is 3. The fourth-order valence-electron chi connectivity index (χ4n) is 3.92. The first-order valence-corrected chi connectivity index (χ1v) is 9.97. The van der Waals surface area contributed by atoms with E-state index in [2.05, 4.69) is 5.10 Å². The van der Waals surface area contributed by atoms with E-state index in [-0.39, 0.29) is 17.9 Å². The minimum atomic E-state index is -0.195. The molecule has 1 fully saturated rings. The van der Waals surface area contributed by atoms with Crippen molar-refractivity contribution in [2.24, 2.45) is 5.92 Å². The van der Waals surface area contributed by atoms with Crippen LogP contribution >= 0.6 is 11.6 Å². The van der Waals surface area contributed by atoms with Crippen LogP contribution in [0.5, 0.6) is 11.5 Å². The number of rotatable bonds is 6. The van der Waals surface area contributed by atoms with Crippen molar-refractivity contribution in [2.45, 2.75) is 46.2 Å². The minimum Gasteiger partial charge on any atom is -0.497 e. The molecule has 0 bridgehead atoms. The van der Waals surface area contributed by atoms with Gasteiger partial charge in [0.2, 0.25) is 5.91 Å². The number of aromatic nitrogens is 2. The van der Waals surface area contributed by atoms with Crippen molar-refractivity contribution in [1.82, 2.24) is 14.7 Å². The Morgan fingerprint density at radius 2 is 2.07 bits per heavy atom. The molecule has 152 valence electrons. The Hall–Kier alpha value is -2.21. The smallest absolute Gasteiger partial charge is 0.227 e. The average Bonchev–Trinajstić information content (AvgIpc) is 3.28. The molecule has 0 aliphatic carbocycles. The highest BCUT2D eigenvalue weighted by Crippen LogP contribution is 2.39. The van der Waals surface area contributed by atoms with Crippen LogP contribution in [0.15, 0.2) is 18.2 Å². The van der Waals surface area contributed by atoms with Gasteiger partial charge < -0.3 is 14.4 Å². The molecule has 0 saturated carbocycles. The van der Waals surface area contributed by atoms with Crippen molar-refractivity contribution in [1.29, 1.82) is 0 Å². The van der Waals surface area contributed by atoms with E-state index in [1.165, 1.54) is 0 Å². The quantitative estimate of drug-likeness (QED) is 0.723. The molecule has 1 saturated heterocycles. The molecule has 1 amide bonds. The third-order valence-electron chi connectivity index (χ3n) is 5.50. The molecule has 0 radical (unpaired) electrons. The van der Waals surface area contributed by atoms with E-state index in [9.17, 15) is 4.79 Å². The van der Waals surface area contributed by atoms with E-state index in [0.29, 0.717) is 11.6 Å². The molecule has 1 aromatic carbocycles. The van der Waals surface area contributed by atoms with Gasteiger partial charge in [-0.1, -0.05) is 18.5 Å². The van der Waals surface area contributed by atoms with Gasteiger partial charge in [-0.2, -0.15) is 5.10 Å². The zero-order valence-corrected chi connectivity index (χ0v) is 17.9. The summed E-state index contributed by atoms with van der Waals surface area (Å²) >= 11 is 6.25. The van der Waals surface area contributed by atoms with Gasteiger partial charge in [-0.3, -0.25) is 9.48 Å². The summed E-state index contributed by atoms with van der Waals surface area (Å²) in [5.74, 6) is 1.43. The molecule has 0 N–H and O–H groups in total. The highest BCUT2D eigenvalue weighted by Gasteiger charge is 2.34. The number of hydrogen-bond acceptors (Lipinski definition) is 4. The van der Waals surface area contributed by atoms with Crippen LogP contribution in [0.3, 0.4) is 0 Å².